The second kappa shape index (κ2) is 12.2. The number of rotatable bonds is 10. The maximum absolute atomic E-state index is 11.6. The van der Waals surface area contributed by atoms with Crippen LogP contribution in [0.1, 0.15) is 93.4 Å². The first-order valence-corrected chi connectivity index (χ1v) is 13.5. The van der Waals surface area contributed by atoms with Gasteiger partial charge in [0.2, 0.25) is 0 Å². The summed E-state index contributed by atoms with van der Waals surface area (Å²) in [6.07, 6.45) is 14.9. The second-order valence-corrected chi connectivity index (χ2v) is 12.1. The Morgan fingerprint density at radius 3 is 2.49 bits per heavy atom. The first kappa shape index (κ1) is 29.7. The average Bonchev–Trinajstić information content (AvgIpc) is 2.80. The van der Waals surface area contributed by atoms with Crippen molar-refractivity contribution in [1.82, 2.24) is 0 Å². The van der Waals surface area contributed by atoms with Crippen molar-refractivity contribution in [2.45, 2.75) is 99.0 Å². The van der Waals surface area contributed by atoms with Crippen LogP contribution in [0.3, 0.4) is 0 Å². The van der Waals surface area contributed by atoms with Crippen LogP contribution in [0.25, 0.3) is 0 Å². The molecule has 2 aliphatic rings. The Labute approximate surface area is 213 Å². The van der Waals surface area contributed by atoms with Gasteiger partial charge in [0.1, 0.15) is 6.29 Å². The van der Waals surface area contributed by atoms with E-state index in [1.165, 1.54) is 11.1 Å². The van der Waals surface area contributed by atoms with Gasteiger partial charge in [-0.05, 0) is 95.5 Å². The molecule has 0 radical (unpaired) electrons. The van der Waals surface area contributed by atoms with Gasteiger partial charge in [-0.3, -0.25) is 4.79 Å². The van der Waals surface area contributed by atoms with E-state index in [2.05, 4.69) is 58.9 Å². The lowest BCUT2D eigenvalue weighted by Crippen LogP contribution is -2.56. The summed E-state index contributed by atoms with van der Waals surface area (Å²) in [6.45, 7) is 15.0. The van der Waals surface area contributed by atoms with Crippen molar-refractivity contribution in [3.05, 3.63) is 46.6 Å². The van der Waals surface area contributed by atoms with E-state index in [4.69, 9.17) is 0 Å². The Kier molecular flexibility index (Phi) is 10.3. The zero-order valence-corrected chi connectivity index (χ0v) is 23.2. The van der Waals surface area contributed by atoms with Crippen molar-refractivity contribution in [3.63, 3.8) is 0 Å². The molecule has 0 aromatic carbocycles. The van der Waals surface area contributed by atoms with E-state index in [-0.39, 0.29) is 24.5 Å². The number of allylic oxidation sites excluding steroid dienone is 8. The van der Waals surface area contributed by atoms with E-state index in [0.29, 0.717) is 49.5 Å². The molecule has 2 aliphatic carbocycles. The quantitative estimate of drug-likeness (QED) is 0.146. The average molecular weight is 487 g/mol. The minimum Gasteiger partial charge on any atom is -0.396 e. The smallest absolute Gasteiger partial charge is 0.145 e. The van der Waals surface area contributed by atoms with Gasteiger partial charge in [-0.15, -0.1) is 0 Å². The molecule has 0 heterocycles. The van der Waals surface area contributed by atoms with Crippen molar-refractivity contribution in [1.29, 1.82) is 0 Å². The summed E-state index contributed by atoms with van der Waals surface area (Å²) in [7, 11) is 0. The second-order valence-electron chi connectivity index (χ2n) is 12.1. The van der Waals surface area contributed by atoms with Crippen LogP contribution in [0.4, 0.5) is 0 Å². The predicted octanol–water partition coefficient (Wildman–Crippen LogP) is 6.33. The summed E-state index contributed by atoms with van der Waals surface area (Å²) < 4.78 is 0. The molecule has 198 valence electrons. The number of aldehydes is 1. The third-order valence-electron chi connectivity index (χ3n) is 9.62. The Morgan fingerprint density at radius 2 is 1.89 bits per heavy atom. The third-order valence-corrected chi connectivity index (χ3v) is 9.62. The molecule has 0 aromatic heterocycles. The molecule has 1 fully saturated rings. The van der Waals surface area contributed by atoms with Crippen molar-refractivity contribution < 1.29 is 20.1 Å². The molecule has 0 aliphatic heterocycles. The lowest BCUT2D eigenvalue weighted by atomic mass is 9.53. The number of carbonyl (C=O) groups is 1. The summed E-state index contributed by atoms with van der Waals surface area (Å²) in [4.78, 5) is 11.6. The minimum atomic E-state index is -1.05. The monoisotopic (exact) mass is 486 g/mol. The van der Waals surface area contributed by atoms with Crippen LogP contribution in [0.15, 0.2) is 46.6 Å². The molecule has 3 N–H and O–H groups in total. The fourth-order valence-electron chi connectivity index (χ4n) is 6.57. The summed E-state index contributed by atoms with van der Waals surface area (Å²) >= 11 is 0. The van der Waals surface area contributed by atoms with Crippen LogP contribution < -0.4 is 0 Å². The van der Waals surface area contributed by atoms with Crippen molar-refractivity contribution in [2.24, 2.45) is 28.6 Å². The van der Waals surface area contributed by atoms with Gasteiger partial charge in [-0.25, -0.2) is 0 Å². The zero-order chi connectivity index (χ0) is 26.4. The molecule has 0 aromatic rings. The fraction of sp³-hybridized carbons (Fsp3) is 0.710. The van der Waals surface area contributed by atoms with Crippen molar-refractivity contribution >= 4 is 6.29 Å². The van der Waals surface area contributed by atoms with E-state index >= 15 is 0 Å². The van der Waals surface area contributed by atoms with Gasteiger partial charge in [-0.1, -0.05) is 61.8 Å². The first-order chi connectivity index (χ1) is 16.4. The molecule has 2 rings (SSSR count). The largest absolute Gasteiger partial charge is 0.396 e. The van der Waals surface area contributed by atoms with Gasteiger partial charge in [0.25, 0.3) is 0 Å². The van der Waals surface area contributed by atoms with Gasteiger partial charge >= 0.3 is 0 Å². The van der Waals surface area contributed by atoms with Gasteiger partial charge < -0.3 is 15.3 Å². The van der Waals surface area contributed by atoms with E-state index < -0.39 is 11.0 Å². The first-order valence-electron chi connectivity index (χ1n) is 13.5. The predicted molar refractivity (Wildman–Crippen MR) is 145 cm³/mol. The number of aliphatic hydroxyl groups excluding tert-OH is 2. The summed E-state index contributed by atoms with van der Waals surface area (Å²) in [5.41, 5.74) is 2.77. The van der Waals surface area contributed by atoms with Crippen LogP contribution in [-0.4, -0.2) is 40.4 Å². The number of hydrogen-bond acceptors (Lipinski definition) is 4. The van der Waals surface area contributed by atoms with Crippen LogP contribution >= 0.6 is 0 Å². The Bertz CT molecular complexity index is 857. The summed E-state index contributed by atoms with van der Waals surface area (Å²) in [6, 6.07) is 0. The van der Waals surface area contributed by atoms with Crippen LogP contribution in [0.5, 0.6) is 0 Å². The highest BCUT2D eigenvalue weighted by Gasteiger charge is 2.55. The van der Waals surface area contributed by atoms with Gasteiger partial charge in [0.05, 0.1) is 12.2 Å². The van der Waals surface area contributed by atoms with Gasteiger partial charge in [0, 0.05) is 17.9 Å². The summed E-state index contributed by atoms with van der Waals surface area (Å²) in [5, 5.41) is 31.7. The van der Waals surface area contributed by atoms with Crippen LogP contribution in [-0.2, 0) is 4.79 Å². The Hall–Kier alpha value is -1.49. The standard InChI is InChI=1S/C31H50O4/c1-22(12-15-27-23(2)13-14-25(4)29(27,5)6)10-8-17-31(21-34)28(11-9-19-32)26(24(3)20-33)16-18-30(31,7)35/h10,12-13,15,20,25,27-28,32,34-35H,8-9,11,14,16-19,21H2,1-7H3/b15-12+,22-10+,26-24-/t25-,27+,28+,30-,31+/m0/s1. The third kappa shape index (κ3) is 6.26. The van der Waals surface area contributed by atoms with Gasteiger partial charge in [-0.2, -0.15) is 0 Å². The minimum absolute atomic E-state index is 0.0569. The molecule has 0 unspecified atom stereocenters. The molecular weight excluding hydrogens is 436 g/mol. The highest BCUT2D eigenvalue weighted by atomic mass is 16.3. The lowest BCUT2D eigenvalue weighted by molar-refractivity contribution is -0.146. The Balaban J connectivity index is 2.28. The maximum Gasteiger partial charge on any atom is 0.145 e. The molecular formula is C31H50O4. The van der Waals surface area contributed by atoms with E-state index in [1.807, 2.05) is 13.8 Å². The van der Waals surface area contributed by atoms with E-state index in [0.717, 1.165) is 24.7 Å². The van der Waals surface area contributed by atoms with Gasteiger partial charge in [0.15, 0.2) is 0 Å². The normalized spacial score (nSPS) is 35.2. The number of carbonyl (C=O) groups excluding carboxylic acids is 1. The molecule has 1 saturated carbocycles. The summed E-state index contributed by atoms with van der Waals surface area (Å²) in [5.74, 6) is 0.922. The van der Waals surface area contributed by atoms with Crippen molar-refractivity contribution in [3.8, 4) is 0 Å². The molecule has 4 nitrogen and oxygen atoms in total. The maximum atomic E-state index is 11.6. The molecule has 0 saturated heterocycles. The fourth-order valence-corrected chi connectivity index (χ4v) is 6.57. The molecule has 4 heteroatoms. The number of aliphatic hydroxyl groups is 3. The molecule has 0 amide bonds. The molecule has 0 bridgehead atoms. The molecule has 0 spiro atoms. The molecule has 35 heavy (non-hydrogen) atoms. The van der Waals surface area contributed by atoms with Crippen LogP contribution in [0, 0.1) is 28.6 Å². The van der Waals surface area contributed by atoms with Crippen molar-refractivity contribution in [2.75, 3.05) is 13.2 Å². The van der Waals surface area contributed by atoms with E-state index in [9.17, 15) is 20.1 Å². The highest BCUT2D eigenvalue weighted by molar-refractivity contribution is 5.74. The Morgan fingerprint density at radius 1 is 1.20 bits per heavy atom. The number of hydrogen-bond donors (Lipinski definition) is 3. The van der Waals surface area contributed by atoms with E-state index in [1.54, 1.807) is 0 Å². The van der Waals surface area contributed by atoms with Crippen LogP contribution in [0.2, 0.25) is 0 Å². The topological polar surface area (TPSA) is 77.8 Å². The lowest BCUT2D eigenvalue weighted by Gasteiger charge is -2.54. The highest BCUT2D eigenvalue weighted by Crippen LogP contribution is 2.55. The SMILES string of the molecule is CC1=CC[C@H](C)C(C)(C)[C@@H]1/C=C/C(C)=C/CC[C@@]1(CO)[C@H](CCCO)/C(=C(/C)C=O)CC[C@]1(C)O. The zero-order valence-electron chi connectivity index (χ0n) is 23.2. The molecule has 5 atom stereocenters.